The molecule has 1 aromatic carbocycles. The van der Waals surface area contributed by atoms with Crippen molar-refractivity contribution in [3.8, 4) is 0 Å². The highest BCUT2D eigenvalue weighted by Gasteiger charge is 2.44. The van der Waals surface area contributed by atoms with Crippen molar-refractivity contribution in [2.45, 2.75) is 59.3 Å². The molecule has 1 aromatic rings. The molecule has 172 valence electrons. The zero-order valence-electron chi connectivity index (χ0n) is 20.7. The molecule has 0 spiro atoms. The molecule has 0 aromatic heterocycles. The maximum absolute atomic E-state index is 12.2. The highest BCUT2D eigenvalue weighted by Crippen LogP contribution is 2.53. The standard InChI is InChI=1S/C27H43N3O/c1-26(2)16-21(17-27(3,4)19-26)22-9-7-8-10-24(22)30-13-11-29(12-14-30)18-20-15-23(20)25(31)28(5)6/h7-10,20-21,23H,11-19H2,1-6H3/t20-,23+/m0/s1. The van der Waals surface area contributed by atoms with Gasteiger partial charge in [0.25, 0.3) is 0 Å². The van der Waals surface area contributed by atoms with Gasteiger partial charge in [-0.2, -0.15) is 0 Å². The number of benzene rings is 1. The van der Waals surface area contributed by atoms with E-state index in [0.717, 1.165) is 39.1 Å². The molecule has 1 amide bonds. The van der Waals surface area contributed by atoms with Crippen LogP contribution >= 0.6 is 0 Å². The van der Waals surface area contributed by atoms with Gasteiger partial charge in [0.2, 0.25) is 5.91 Å². The maximum atomic E-state index is 12.2. The van der Waals surface area contributed by atoms with Crippen LogP contribution < -0.4 is 4.90 Å². The van der Waals surface area contributed by atoms with Crippen LogP contribution in [0.3, 0.4) is 0 Å². The molecule has 0 unspecified atom stereocenters. The number of piperazine rings is 1. The molecular formula is C27H43N3O. The minimum absolute atomic E-state index is 0.270. The van der Waals surface area contributed by atoms with Gasteiger partial charge in [0.15, 0.2) is 0 Å². The summed E-state index contributed by atoms with van der Waals surface area (Å²) in [4.78, 5) is 19.1. The van der Waals surface area contributed by atoms with Crippen molar-refractivity contribution in [2.75, 3.05) is 51.7 Å². The van der Waals surface area contributed by atoms with Crippen molar-refractivity contribution in [1.29, 1.82) is 0 Å². The topological polar surface area (TPSA) is 26.8 Å². The number of rotatable bonds is 5. The zero-order chi connectivity index (χ0) is 22.4. The Hall–Kier alpha value is -1.55. The van der Waals surface area contributed by atoms with Crippen LogP contribution in [-0.2, 0) is 4.79 Å². The maximum Gasteiger partial charge on any atom is 0.225 e. The molecular weight excluding hydrogens is 382 g/mol. The molecule has 0 bridgehead atoms. The van der Waals surface area contributed by atoms with Crippen molar-refractivity contribution < 1.29 is 4.79 Å². The summed E-state index contributed by atoms with van der Waals surface area (Å²) in [6.07, 6.45) is 4.97. The molecule has 2 aliphatic carbocycles. The normalized spacial score (nSPS) is 28.4. The number of amides is 1. The fraction of sp³-hybridized carbons (Fsp3) is 0.741. The van der Waals surface area contributed by atoms with Crippen molar-refractivity contribution in [2.24, 2.45) is 22.7 Å². The van der Waals surface area contributed by atoms with Gasteiger partial charge < -0.3 is 9.80 Å². The first kappa shape index (κ1) is 22.6. The van der Waals surface area contributed by atoms with Gasteiger partial charge in [-0.1, -0.05) is 45.9 Å². The minimum atomic E-state index is 0.270. The number of anilines is 1. The second kappa shape index (κ2) is 8.42. The van der Waals surface area contributed by atoms with E-state index in [0.29, 0.717) is 28.6 Å². The lowest BCUT2D eigenvalue weighted by Crippen LogP contribution is -2.47. The predicted octanol–water partition coefficient (Wildman–Crippen LogP) is 4.85. The summed E-state index contributed by atoms with van der Waals surface area (Å²) in [5.41, 5.74) is 3.84. The second-order valence-corrected chi connectivity index (χ2v) is 12.3. The number of para-hydroxylation sites is 1. The van der Waals surface area contributed by atoms with E-state index in [9.17, 15) is 4.79 Å². The van der Waals surface area contributed by atoms with Crippen LogP contribution in [0.25, 0.3) is 0 Å². The summed E-state index contributed by atoms with van der Waals surface area (Å²) in [5, 5.41) is 0. The lowest BCUT2D eigenvalue weighted by atomic mass is 9.60. The number of hydrogen-bond acceptors (Lipinski definition) is 3. The van der Waals surface area contributed by atoms with Crippen LogP contribution in [0.5, 0.6) is 0 Å². The Balaban J connectivity index is 1.38. The minimum Gasteiger partial charge on any atom is -0.369 e. The Bertz CT molecular complexity index is 775. The zero-order valence-corrected chi connectivity index (χ0v) is 20.7. The molecule has 0 N–H and O–H groups in total. The summed E-state index contributed by atoms with van der Waals surface area (Å²) in [6.45, 7) is 15.3. The monoisotopic (exact) mass is 425 g/mol. The van der Waals surface area contributed by atoms with E-state index < -0.39 is 0 Å². The molecule has 2 atom stereocenters. The first-order valence-corrected chi connectivity index (χ1v) is 12.3. The number of carbonyl (C=O) groups is 1. The summed E-state index contributed by atoms with van der Waals surface area (Å²) in [6, 6.07) is 9.20. The highest BCUT2D eigenvalue weighted by atomic mass is 16.2. The molecule has 1 saturated heterocycles. The van der Waals surface area contributed by atoms with E-state index >= 15 is 0 Å². The number of carbonyl (C=O) groups excluding carboxylic acids is 1. The molecule has 2 saturated carbocycles. The van der Waals surface area contributed by atoms with Crippen LogP contribution in [0.15, 0.2) is 24.3 Å². The molecule has 31 heavy (non-hydrogen) atoms. The third-order valence-electron chi connectivity index (χ3n) is 7.82. The predicted molar refractivity (Wildman–Crippen MR) is 130 cm³/mol. The lowest BCUT2D eigenvalue weighted by Gasteiger charge is -2.46. The fourth-order valence-electron chi connectivity index (χ4n) is 6.77. The molecule has 4 nitrogen and oxygen atoms in total. The van der Waals surface area contributed by atoms with Crippen molar-refractivity contribution in [1.82, 2.24) is 9.80 Å². The van der Waals surface area contributed by atoms with E-state index in [1.165, 1.54) is 24.9 Å². The summed E-state index contributed by atoms with van der Waals surface area (Å²) in [5.74, 6) is 1.81. The third-order valence-corrected chi connectivity index (χ3v) is 7.82. The fourth-order valence-corrected chi connectivity index (χ4v) is 6.77. The summed E-state index contributed by atoms with van der Waals surface area (Å²) >= 11 is 0. The van der Waals surface area contributed by atoms with Gasteiger partial charge in [-0.05, 0) is 60.0 Å². The molecule has 1 heterocycles. The first-order chi connectivity index (χ1) is 14.5. The third kappa shape index (κ3) is 5.27. The van der Waals surface area contributed by atoms with Crippen LogP contribution in [0.1, 0.15) is 64.9 Å². The smallest absolute Gasteiger partial charge is 0.225 e. The first-order valence-electron chi connectivity index (χ1n) is 12.3. The Morgan fingerprint density at radius 2 is 1.61 bits per heavy atom. The van der Waals surface area contributed by atoms with Crippen molar-refractivity contribution >= 4 is 11.6 Å². The number of hydrogen-bond donors (Lipinski definition) is 0. The molecule has 3 aliphatic rings. The van der Waals surface area contributed by atoms with Crippen LogP contribution in [0.2, 0.25) is 0 Å². The second-order valence-electron chi connectivity index (χ2n) is 12.3. The highest BCUT2D eigenvalue weighted by molar-refractivity contribution is 5.81. The average molecular weight is 426 g/mol. The largest absolute Gasteiger partial charge is 0.369 e. The van der Waals surface area contributed by atoms with Crippen molar-refractivity contribution in [3.05, 3.63) is 29.8 Å². The van der Waals surface area contributed by atoms with Crippen LogP contribution in [0.4, 0.5) is 5.69 Å². The van der Waals surface area contributed by atoms with Crippen LogP contribution in [-0.4, -0.2) is 62.5 Å². The quantitative estimate of drug-likeness (QED) is 0.674. The molecule has 3 fully saturated rings. The van der Waals surface area contributed by atoms with Crippen molar-refractivity contribution in [3.63, 3.8) is 0 Å². The Labute approximate surface area is 190 Å². The van der Waals surface area contributed by atoms with E-state index in [1.54, 1.807) is 10.5 Å². The summed E-state index contributed by atoms with van der Waals surface area (Å²) < 4.78 is 0. The van der Waals surface area contributed by atoms with Gasteiger partial charge >= 0.3 is 0 Å². The Morgan fingerprint density at radius 3 is 2.23 bits per heavy atom. The van der Waals surface area contributed by atoms with Gasteiger partial charge in [0, 0.05) is 58.4 Å². The summed E-state index contributed by atoms with van der Waals surface area (Å²) in [7, 11) is 3.75. The van der Waals surface area contributed by atoms with Crippen LogP contribution in [0, 0.1) is 22.7 Å². The van der Waals surface area contributed by atoms with E-state index in [2.05, 4.69) is 61.8 Å². The van der Waals surface area contributed by atoms with Gasteiger partial charge in [-0.3, -0.25) is 9.69 Å². The van der Waals surface area contributed by atoms with Gasteiger partial charge in [0.05, 0.1) is 0 Å². The molecule has 1 aliphatic heterocycles. The Kier molecular flexibility index (Phi) is 6.15. The molecule has 4 rings (SSSR count). The number of nitrogens with zero attached hydrogens (tertiary/aromatic N) is 3. The Morgan fingerprint density at radius 1 is 1.00 bits per heavy atom. The average Bonchev–Trinajstić information content (AvgIpc) is 3.44. The van der Waals surface area contributed by atoms with E-state index in [1.807, 2.05) is 14.1 Å². The van der Waals surface area contributed by atoms with Gasteiger partial charge in [-0.15, -0.1) is 0 Å². The van der Waals surface area contributed by atoms with Gasteiger partial charge in [-0.25, -0.2) is 0 Å². The lowest BCUT2D eigenvalue weighted by molar-refractivity contribution is -0.130. The van der Waals surface area contributed by atoms with Gasteiger partial charge in [0.1, 0.15) is 0 Å². The molecule has 4 heteroatoms. The van der Waals surface area contributed by atoms with E-state index in [4.69, 9.17) is 0 Å². The molecule has 0 radical (unpaired) electrons. The SMILES string of the molecule is CN(C)C(=O)[C@@H]1C[C@H]1CN1CCN(c2ccccc2C2CC(C)(C)CC(C)(C)C2)CC1. The van der Waals surface area contributed by atoms with E-state index in [-0.39, 0.29) is 5.92 Å².